The van der Waals surface area contributed by atoms with Crippen LogP contribution in [0.2, 0.25) is 0 Å². The molecule has 2 aromatic rings. The van der Waals surface area contributed by atoms with E-state index in [1.165, 1.54) is 0 Å². The topological polar surface area (TPSA) is 72.2 Å². The van der Waals surface area contributed by atoms with Gasteiger partial charge in [-0.05, 0) is 24.3 Å². The molecule has 0 bridgehead atoms. The number of nitrogens with zero attached hydrogens (tertiary/aromatic N) is 4. The molecule has 0 spiro atoms. The SMILES string of the molecule is Cn1cc(/C=N/NC(=O)CCCSc2ccccn2)cn1. The largest absolute Gasteiger partial charge is 0.275 e. The van der Waals surface area contributed by atoms with Gasteiger partial charge in [-0.1, -0.05) is 6.07 Å². The van der Waals surface area contributed by atoms with Gasteiger partial charge >= 0.3 is 0 Å². The molecule has 110 valence electrons. The van der Waals surface area contributed by atoms with Crippen molar-refractivity contribution in [1.82, 2.24) is 20.2 Å². The number of aryl methyl sites for hydroxylation is 1. The molecule has 1 amide bonds. The maximum Gasteiger partial charge on any atom is 0.240 e. The van der Waals surface area contributed by atoms with Crippen LogP contribution in [0.25, 0.3) is 0 Å². The number of hydrogen-bond donors (Lipinski definition) is 1. The molecule has 6 nitrogen and oxygen atoms in total. The first kappa shape index (κ1) is 15.2. The summed E-state index contributed by atoms with van der Waals surface area (Å²) >= 11 is 1.65. The highest BCUT2D eigenvalue weighted by Gasteiger charge is 2.00. The van der Waals surface area contributed by atoms with Crippen molar-refractivity contribution in [2.24, 2.45) is 12.1 Å². The average molecular weight is 303 g/mol. The van der Waals surface area contributed by atoms with Gasteiger partial charge in [0.25, 0.3) is 0 Å². The van der Waals surface area contributed by atoms with Crippen LogP contribution in [-0.2, 0) is 11.8 Å². The molecule has 0 aliphatic rings. The summed E-state index contributed by atoms with van der Waals surface area (Å²) in [5.74, 6) is 0.772. The molecular weight excluding hydrogens is 286 g/mol. The van der Waals surface area contributed by atoms with Crippen LogP contribution in [-0.4, -0.2) is 32.6 Å². The number of pyridine rings is 1. The fraction of sp³-hybridized carbons (Fsp3) is 0.286. The van der Waals surface area contributed by atoms with Gasteiger partial charge in [0.15, 0.2) is 0 Å². The Kier molecular flexibility index (Phi) is 5.96. The summed E-state index contributed by atoms with van der Waals surface area (Å²) in [5.41, 5.74) is 3.36. The highest BCUT2D eigenvalue weighted by Crippen LogP contribution is 2.15. The van der Waals surface area contributed by atoms with Crippen LogP contribution in [0.3, 0.4) is 0 Å². The van der Waals surface area contributed by atoms with Crippen LogP contribution in [0.1, 0.15) is 18.4 Å². The van der Waals surface area contributed by atoms with E-state index in [4.69, 9.17) is 0 Å². The second-order valence-electron chi connectivity index (χ2n) is 4.36. The molecule has 7 heteroatoms. The average Bonchev–Trinajstić information content (AvgIpc) is 2.90. The lowest BCUT2D eigenvalue weighted by Crippen LogP contribution is -2.17. The molecule has 0 radical (unpaired) electrons. The first-order chi connectivity index (χ1) is 10.2. The van der Waals surface area contributed by atoms with Crippen molar-refractivity contribution in [2.45, 2.75) is 17.9 Å². The van der Waals surface area contributed by atoms with Crippen molar-refractivity contribution >= 4 is 23.9 Å². The van der Waals surface area contributed by atoms with Crippen molar-refractivity contribution in [3.8, 4) is 0 Å². The predicted molar refractivity (Wildman–Crippen MR) is 83.1 cm³/mol. The summed E-state index contributed by atoms with van der Waals surface area (Å²) in [6, 6.07) is 5.80. The van der Waals surface area contributed by atoms with E-state index in [0.29, 0.717) is 6.42 Å². The normalized spacial score (nSPS) is 10.9. The molecule has 2 heterocycles. The number of amides is 1. The molecular formula is C14H17N5OS. The Morgan fingerprint density at radius 1 is 1.52 bits per heavy atom. The fourth-order valence-corrected chi connectivity index (χ4v) is 2.39. The van der Waals surface area contributed by atoms with Crippen LogP contribution in [0.15, 0.2) is 46.9 Å². The minimum Gasteiger partial charge on any atom is -0.275 e. The number of nitrogens with one attached hydrogen (secondary N) is 1. The molecule has 2 aromatic heterocycles. The second-order valence-corrected chi connectivity index (χ2v) is 5.48. The number of hydrogen-bond acceptors (Lipinski definition) is 5. The lowest BCUT2D eigenvalue weighted by molar-refractivity contribution is -0.121. The van der Waals surface area contributed by atoms with Crippen LogP contribution in [0.4, 0.5) is 0 Å². The minimum atomic E-state index is -0.0863. The quantitative estimate of drug-likeness (QED) is 0.367. The van der Waals surface area contributed by atoms with Gasteiger partial charge in [-0.3, -0.25) is 9.48 Å². The number of hydrazone groups is 1. The molecule has 0 saturated heterocycles. The Bertz CT molecular complexity index is 596. The predicted octanol–water partition coefficient (Wildman–Crippen LogP) is 1.84. The van der Waals surface area contributed by atoms with Gasteiger partial charge < -0.3 is 0 Å². The summed E-state index contributed by atoms with van der Waals surface area (Å²) < 4.78 is 1.68. The van der Waals surface area contributed by atoms with Gasteiger partial charge in [0.1, 0.15) is 0 Å². The standard InChI is InChI=1S/C14H17N5OS/c1-19-11-12(10-17-19)9-16-18-13(20)5-4-8-21-14-6-2-3-7-15-14/h2-3,6-7,9-11H,4-5,8H2,1H3,(H,18,20)/b16-9+. The smallest absolute Gasteiger partial charge is 0.240 e. The van der Waals surface area contributed by atoms with Crippen molar-refractivity contribution in [2.75, 3.05) is 5.75 Å². The first-order valence-corrected chi connectivity index (χ1v) is 7.57. The van der Waals surface area contributed by atoms with Crippen LogP contribution >= 0.6 is 11.8 Å². The summed E-state index contributed by atoms with van der Waals surface area (Å²) in [4.78, 5) is 15.8. The Morgan fingerprint density at radius 2 is 2.43 bits per heavy atom. The summed E-state index contributed by atoms with van der Waals surface area (Å²) in [5, 5.41) is 8.88. The Hall–Kier alpha value is -2.15. The number of thioether (sulfide) groups is 1. The van der Waals surface area contributed by atoms with E-state index in [9.17, 15) is 4.79 Å². The van der Waals surface area contributed by atoms with Gasteiger partial charge in [0.05, 0.1) is 17.4 Å². The summed E-state index contributed by atoms with van der Waals surface area (Å²) in [6.07, 6.45) is 8.08. The molecule has 0 fully saturated rings. The lowest BCUT2D eigenvalue weighted by atomic mass is 10.3. The van der Waals surface area contributed by atoms with E-state index in [0.717, 1.165) is 22.8 Å². The van der Waals surface area contributed by atoms with E-state index in [2.05, 4.69) is 20.6 Å². The van der Waals surface area contributed by atoms with Gasteiger partial charge in [-0.25, -0.2) is 10.4 Å². The van der Waals surface area contributed by atoms with Crippen molar-refractivity contribution in [3.63, 3.8) is 0 Å². The number of aromatic nitrogens is 3. The number of carbonyl (C=O) groups excluding carboxylic acids is 1. The van der Waals surface area contributed by atoms with E-state index in [-0.39, 0.29) is 5.91 Å². The number of carbonyl (C=O) groups is 1. The molecule has 0 unspecified atom stereocenters. The molecule has 0 aromatic carbocycles. The molecule has 0 saturated carbocycles. The third kappa shape index (κ3) is 5.78. The molecule has 0 atom stereocenters. The minimum absolute atomic E-state index is 0.0863. The molecule has 1 N–H and O–H groups in total. The number of rotatable bonds is 7. The molecule has 0 aliphatic heterocycles. The molecule has 21 heavy (non-hydrogen) atoms. The summed E-state index contributed by atoms with van der Waals surface area (Å²) in [6.45, 7) is 0. The molecule has 0 aliphatic carbocycles. The van der Waals surface area contributed by atoms with E-state index < -0.39 is 0 Å². The van der Waals surface area contributed by atoms with Crippen LogP contribution in [0, 0.1) is 0 Å². The Labute approximate surface area is 127 Å². The Balaban J connectivity index is 1.60. The third-order valence-corrected chi connectivity index (χ3v) is 3.59. The monoisotopic (exact) mass is 303 g/mol. The van der Waals surface area contributed by atoms with Gasteiger partial charge in [-0.15, -0.1) is 11.8 Å². The van der Waals surface area contributed by atoms with Crippen molar-refractivity contribution in [1.29, 1.82) is 0 Å². The third-order valence-electron chi connectivity index (χ3n) is 2.56. The van der Waals surface area contributed by atoms with E-state index in [1.807, 2.05) is 31.4 Å². The highest BCUT2D eigenvalue weighted by molar-refractivity contribution is 7.99. The highest BCUT2D eigenvalue weighted by atomic mass is 32.2. The maximum atomic E-state index is 11.6. The lowest BCUT2D eigenvalue weighted by Gasteiger charge is -2.00. The fourth-order valence-electron chi connectivity index (χ4n) is 1.58. The van der Waals surface area contributed by atoms with Crippen molar-refractivity contribution < 1.29 is 4.79 Å². The van der Waals surface area contributed by atoms with Gasteiger partial charge in [-0.2, -0.15) is 10.2 Å². The van der Waals surface area contributed by atoms with E-state index >= 15 is 0 Å². The zero-order valence-electron chi connectivity index (χ0n) is 11.8. The first-order valence-electron chi connectivity index (χ1n) is 6.58. The van der Waals surface area contributed by atoms with E-state index in [1.54, 1.807) is 35.1 Å². The van der Waals surface area contributed by atoms with Gasteiger partial charge in [0, 0.05) is 31.4 Å². The zero-order valence-corrected chi connectivity index (χ0v) is 12.6. The summed E-state index contributed by atoms with van der Waals surface area (Å²) in [7, 11) is 1.83. The maximum absolute atomic E-state index is 11.6. The second kappa shape index (κ2) is 8.21. The van der Waals surface area contributed by atoms with Crippen LogP contribution < -0.4 is 5.43 Å². The van der Waals surface area contributed by atoms with Crippen molar-refractivity contribution in [3.05, 3.63) is 42.4 Å². The zero-order chi connectivity index (χ0) is 14.9. The van der Waals surface area contributed by atoms with Crippen LogP contribution in [0.5, 0.6) is 0 Å². The Morgan fingerprint density at radius 3 is 3.14 bits per heavy atom. The van der Waals surface area contributed by atoms with Gasteiger partial charge in [0.2, 0.25) is 5.91 Å². The molecule has 2 rings (SSSR count).